The Morgan fingerprint density at radius 1 is 0.300 bits per heavy atom. The molecular weight excluding hydrogens is 865 g/mol. The number of carbonyl (C=O) groups excluding carboxylic acids is 3. The Balaban J connectivity index is 4.19. The Bertz CT molecular complexity index is 1440. The summed E-state index contributed by atoms with van der Waals surface area (Å²) in [5.74, 6) is -0.912. The lowest BCUT2D eigenvalue weighted by Crippen LogP contribution is -2.30. The summed E-state index contributed by atoms with van der Waals surface area (Å²) in [7, 11) is 0. The van der Waals surface area contributed by atoms with E-state index in [1.54, 1.807) is 0 Å². The Labute approximate surface area is 431 Å². The molecule has 398 valence electrons. The summed E-state index contributed by atoms with van der Waals surface area (Å²) in [6.07, 6.45) is 78.1. The molecule has 0 aromatic carbocycles. The lowest BCUT2D eigenvalue weighted by atomic mass is 10.1. The van der Waals surface area contributed by atoms with Crippen LogP contribution < -0.4 is 0 Å². The first-order valence-corrected chi connectivity index (χ1v) is 28.9. The molecule has 0 bridgehead atoms. The molecule has 1 unspecified atom stereocenters. The zero-order valence-corrected chi connectivity index (χ0v) is 45.5. The SMILES string of the molecule is CC/C=C\C/C=C\C/C=C\C/C=C\C/C=C\C/C=C\CCCCCCCCCCCCC(=O)OCC(COC(=O)CCCCCCCCCC)OC(=O)CCCCCCC/C=C\C/C=C\C/C=C\CC. The van der Waals surface area contributed by atoms with Gasteiger partial charge in [0.1, 0.15) is 13.2 Å². The molecule has 0 aliphatic carbocycles. The van der Waals surface area contributed by atoms with Gasteiger partial charge < -0.3 is 14.2 Å². The number of unbranched alkanes of at least 4 members (excludes halogenated alkanes) is 22. The van der Waals surface area contributed by atoms with Crippen molar-refractivity contribution in [1.29, 1.82) is 0 Å². The van der Waals surface area contributed by atoms with Crippen LogP contribution in [0.25, 0.3) is 0 Å². The summed E-state index contributed by atoms with van der Waals surface area (Å²) in [5, 5.41) is 0. The Kier molecular flexibility index (Phi) is 54.4. The molecule has 0 radical (unpaired) electrons. The molecule has 6 heteroatoms. The molecule has 0 aliphatic rings. The number of hydrogen-bond acceptors (Lipinski definition) is 6. The minimum atomic E-state index is -0.787. The van der Waals surface area contributed by atoms with Crippen LogP contribution in [0.4, 0.5) is 0 Å². The average molecular weight is 972 g/mol. The number of esters is 3. The fourth-order valence-electron chi connectivity index (χ4n) is 7.75. The van der Waals surface area contributed by atoms with Gasteiger partial charge in [-0.15, -0.1) is 0 Å². The summed E-state index contributed by atoms with van der Waals surface area (Å²) in [6, 6.07) is 0. The van der Waals surface area contributed by atoms with Crippen LogP contribution in [0.3, 0.4) is 0 Å². The fourth-order valence-corrected chi connectivity index (χ4v) is 7.75. The van der Waals surface area contributed by atoms with Crippen LogP contribution in [-0.2, 0) is 28.6 Å². The highest BCUT2D eigenvalue weighted by molar-refractivity contribution is 5.71. The number of hydrogen-bond donors (Lipinski definition) is 0. The van der Waals surface area contributed by atoms with Gasteiger partial charge in [0.2, 0.25) is 0 Å². The fraction of sp³-hybridized carbons (Fsp3) is 0.672. The van der Waals surface area contributed by atoms with Crippen LogP contribution >= 0.6 is 0 Å². The van der Waals surface area contributed by atoms with Crippen molar-refractivity contribution in [3.8, 4) is 0 Å². The second kappa shape index (κ2) is 57.6. The van der Waals surface area contributed by atoms with Crippen molar-refractivity contribution in [2.75, 3.05) is 13.2 Å². The molecule has 0 heterocycles. The molecule has 6 nitrogen and oxygen atoms in total. The Morgan fingerprint density at radius 3 is 0.871 bits per heavy atom. The van der Waals surface area contributed by atoms with E-state index in [1.807, 2.05) is 0 Å². The maximum Gasteiger partial charge on any atom is 0.306 e. The van der Waals surface area contributed by atoms with Gasteiger partial charge in [0.05, 0.1) is 0 Å². The highest BCUT2D eigenvalue weighted by Crippen LogP contribution is 2.15. The zero-order chi connectivity index (χ0) is 50.7. The largest absolute Gasteiger partial charge is 0.462 e. The molecular formula is C64H106O6. The van der Waals surface area contributed by atoms with E-state index in [0.717, 1.165) is 135 Å². The molecule has 1 atom stereocenters. The number of rotatable bonds is 51. The maximum absolute atomic E-state index is 12.8. The van der Waals surface area contributed by atoms with E-state index < -0.39 is 6.10 Å². The van der Waals surface area contributed by atoms with Crippen molar-refractivity contribution in [2.24, 2.45) is 0 Å². The number of allylic oxidation sites excluding steroid dienone is 18. The van der Waals surface area contributed by atoms with Crippen LogP contribution in [0, 0.1) is 0 Å². The summed E-state index contributed by atoms with van der Waals surface area (Å²) in [5.41, 5.74) is 0. The molecule has 0 rings (SSSR count). The van der Waals surface area contributed by atoms with E-state index in [1.165, 1.54) is 83.5 Å². The molecule has 0 saturated carbocycles. The van der Waals surface area contributed by atoms with E-state index in [2.05, 4.69) is 130 Å². The molecule has 0 spiro atoms. The van der Waals surface area contributed by atoms with Crippen LogP contribution in [-0.4, -0.2) is 37.2 Å². The van der Waals surface area contributed by atoms with Gasteiger partial charge >= 0.3 is 17.9 Å². The van der Waals surface area contributed by atoms with Crippen molar-refractivity contribution in [3.63, 3.8) is 0 Å². The Morgan fingerprint density at radius 2 is 0.557 bits per heavy atom. The lowest BCUT2D eigenvalue weighted by Gasteiger charge is -2.18. The van der Waals surface area contributed by atoms with Crippen molar-refractivity contribution in [1.82, 2.24) is 0 Å². The molecule has 0 N–H and O–H groups in total. The molecule has 0 aromatic heterocycles. The van der Waals surface area contributed by atoms with Crippen LogP contribution in [0.2, 0.25) is 0 Å². The third kappa shape index (κ3) is 55.0. The highest BCUT2D eigenvalue weighted by atomic mass is 16.6. The Hall–Kier alpha value is -3.93. The normalized spacial score (nSPS) is 12.9. The first kappa shape index (κ1) is 66.1. The molecule has 0 fully saturated rings. The molecule has 0 saturated heterocycles. The molecule has 70 heavy (non-hydrogen) atoms. The minimum Gasteiger partial charge on any atom is -0.462 e. The van der Waals surface area contributed by atoms with Gasteiger partial charge in [-0.3, -0.25) is 14.4 Å². The van der Waals surface area contributed by atoms with Crippen molar-refractivity contribution < 1.29 is 28.6 Å². The highest BCUT2D eigenvalue weighted by Gasteiger charge is 2.19. The van der Waals surface area contributed by atoms with Gasteiger partial charge in [0.25, 0.3) is 0 Å². The van der Waals surface area contributed by atoms with Gasteiger partial charge in [-0.25, -0.2) is 0 Å². The zero-order valence-electron chi connectivity index (χ0n) is 45.5. The van der Waals surface area contributed by atoms with Gasteiger partial charge in [0, 0.05) is 19.3 Å². The van der Waals surface area contributed by atoms with Crippen molar-refractivity contribution in [3.05, 3.63) is 109 Å². The van der Waals surface area contributed by atoms with E-state index in [4.69, 9.17) is 14.2 Å². The van der Waals surface area contributed by atoms with Crippen LogP contribution in [0.15, 0.2) is 109 Å². The smallest absolute Gasteiger partial charge is 0.306 e. The van der Waals surface area contributed by atoms with E-state index in [9.17, 15) is 14.4 Å². The summed E-state index contributed by atoms with van der Waals surface area (Å²) in [4.78, 5) is 38.0. The molecule has 0 aromatic rings. The number of carbonyl (C=O) groups is 3. The minimum absolute atomic E-state index is 0.0858. The predicted octanol–water partition coefficient (Wildman–Crippen LogP) is 19.5. The second-order valence-corrected chi connectivity index (χ2v) is 18.8. The lowest BCUT2D eigenvalue weighted by molar-refractivity contribution is -0.167. The van der Waals surface area contributed by atoms with Crippen LogP contribution in [0.1, 0.15) is 258 Å². The monoisotopic (exact) mass is 971 g/mol. The average Bonchev–Trinajstić information content (AvgIpc) is 3.36. The van der Waals surface area contributed by atoms with Crippen molar-refractivity contribution >= 4 is 17.9 Å². The third-order valence-corrected chi connectivity index (χ3v) is 12.0. The second-order valence-electron chi connectivity index (χ2n) is 18.8. The number of ether oxygens (including phenoxy) is 3. The van der Waals surface area contributed by atoms with Crippen LogP contribution in [0.5, 0.6) is 0 Å². The van der Waals surface area contributed by atoms with Gasteiger partial charge in [-0.2, -0.15) is 0 Å². The summed E-state index contributed by atoms with van der Waals surface area (Å²) in [6.45, 7) is 6.36. The van der Waals surface area contributed by atoms with E-state index in [0.29, 0.717) is 19.3 Å². The van der Waals surface area contributed by atoms with Gasteiger partial charge in [0.15, 0.2) is 6.10 Å². The van der Waals surface area contributed by atoms with Gasteiger partial charge in [-0.1, -0.05) is 246 Å². The molecule has 0 aliphatic heterocycles. The summed E-state index contributed by atoms with van der Waals surface area (Å²) >= 11 is 0. The maximum atomic E-state index is 12.8. The first-order valence-electron chi connectivity index (χ1n) is 28.9. The quantitative estimate of drug-likeness (QED) is 0.0262. The topological polar surface area (TPSA) is 78.9 Å². The van der Waals surface area contributed by atoms with E-state index >= 15 is 0 Å². The first-order chi connectivity index (χ1) is 34.5. The standard InChI is InChI=1S/C64H106O6/c1-4-7-10-13-16-19-21-23-25-26-27-28-29-30-31-32-33-34-35-36-37-38-40-41-43-45-48-51-54-57-63(66)69-60-61(59-68-62(65)56-53-50-47-18-15-12-9-6-3)70-64(67)58-55-52-49-46-44-42-39-24-22-20-17-14-11-8-5-2/h7-8,10-11,16-17,19-20,23-25,27-28,30-31,33-34,39,61H,4-6,9,12-15,18,21-22,26,29,32,35-38,40-60H2,1-3H3/b10-7-,11-8-,19-16-,20-17-,25-23-,28-27-,31-30-,34-33-,39-24-. The predicted molar refractivity (Wildman–Crippen MR) is 302 cm³/mol. The van der Waals surface area contributed by atoms with E-state index in [-0.39, 0.29) is 31.1 Å². The third-order valence-electron chi connectivity index (χ3n) is 12.0. The van der Waals surface area contributed by atoms with Gasteiger partial charge in [-0.05, 0) is 103 Å². The molecule has 0 amide bonds. The summed E-state index contributed by atoms with van der Waals surface area (Å²) < 4.78 is 16.8. The van der Waals surface area contributed by atoms with Crippen molar-refractivity contribution in [2.45, 2.75) is 264 Å².